The lowest BCUT2D eigenvalue weighted by molar-refractivity contribution is 0.0958. The van der Waals surface area contributed by atoms with Gasteiger partial charge in [0.05, 0.1) is 13.2 Å². The normalized spacial score (nSPS) is 18.9. The fourth-order valence-corrected chi connectivity index (χ4v) is 3.12. The largest absolute Gasteiger partial charge is 0.497 e. The van der Waals surface area contributed by atoms with Crippen LogP contribution in [-0.4, -0.2) is 12.2 Å². The third-order valence-corrected chi connectivity index (χ3v) is 4.36. The second-order valence-corrected chi connectivity index (χ2v) is 5.60. The van der Waals surface area contributed by atoms with Gasteiger partial charge in [0.25, 0.3) is 0 Å². The van der Waals surface area contributed by atoms with Gasteiger partial charge in [0, 0.05) is 11.6 Å². The van der Waals surface area contributed by atoms with E-state index in [4.69, 9.17) is 4.74 Å². The number of aliphatic hydroxyl groups is 1. The van der Waals surface area contributed by atoms with Crippen molar-refractivity contribution in [1.29, 1.82) is 0 Å². The second kappa shape index (κ2) is 5.86. The number of hydrogen-bond acceptors (Lipinski definition) is 2. The number of aryl methyl sites for hydroxylation is 1. The molecule has 110 valence electrons. The molecule has 0 aliphatic heterocycles. The van der Waals surface area contributed by atoms with E-state index in [0.717, 1.165) is 19.3 Å². The Kier molecular flexibility index (Phi) is 3.93. The van der Waals surface area contributed by atoms with Crippen molar-refractivity contribution < 1.29 is 14.2 Å². The molecule has 1 aliphatic rings. The molecule has 0 radical (unpaired) electrons. The van der Waals surface area contributed by atoms with Gasteiger partial charge in [0.15, 0.2) is 0 Å². The Morgan fingerprint density at radius 1 is 1.19 bits per heavy atom. The van der Waals surface area contributed by atoms with E-state index < -0.39 is 11.9 Å². The van der Waals surface area contributed by atoms with Crippen LogP contribution in [0.25, 0.3) is 0 Å². The Labute approximate surface area is 124 Å². The van der Waals surface area contributed by atoms with E-state index in [1.165, 1.54) is 24.3 Å². The molecule has 0 amide bonds. The summed E-state index contributed by atoms with van der Waals surface area (Å²) in [6.07, 6.45) is 1.84. The van der Waals surface area contributed by atoms with Crippen molar-refractivity contribution in [3.63, 3.8) is 0 Å². The number of benzene rings is 2. The third kappa shape index (κ3) is 2.79. The maximum atomic E-state index is 14.1. The first-order chi connectivity index (χ1) is 10.2. The molecule has 0 saturated carbocycles. The van der Waals surface area contributed by atoms with Gasteiger partial charge in [-0.25, -0.2) is 4.39 Å². The van der Waals surface area contributed by atoms with E-state index in [9.17, 15) is 9.50 Å². The van der Waals surface area contributed by atoms with Crippen molar-refractivity contribution >= 4 is 0 Å². The van der Waals surface area contributed by atoms with E-state index in [-0.39, 0.29) is 5.92 Å². The Morgan fingerprint density at radius 2 is 1.95 bits per heavy atom. The van der Waals surface area contributed by atoms with Crippen LogP contribution in [0.3, 0.4) is 0 Å². The predicted octanol–water partition coefficient (Wildman–Crippen LogP) is 3.67. The molecule has 1 N–H and O–H groups in total. The number of methoxy groups -OCH3 is 1. The van der Waals surface area contributed by atoms with Crippen LogP contribution in [0.4, 0.5) is 4.39 Å². The summed E-state index contributed by atoms with van der Waals surface area (Å²) in [5.74, 6) is 0.126. The predicted molar refractivity (Wildman–Crippen MR) is 79.9 cm³/mol. The average molecular weight is 286 g/mol. The van der Waals surface area contributed by atoms with Gasteiger partial charge in [-0.05, 0) is 48.4 Å². The van der Waals surface area contributed by atoms with Crippen LogP contribution in [0.15, 0.2) is 42.5 Å². The van der Waals surface area contributed by atoms with Crippen molar-refractivity contribution in [3.05, 3.63) is 65.0 Å². The first-order valence-corrected chi connectivity index (χ1v) is 7.27. The highest BCUT2D eigenvalue weighted by Gasteiger charge is 2.27. The number of fused-ring (bicyclic) bond motifs is 1. The quantitative estimate of drug-likeness (QED) is 0.932. The highest BCUT2D eigenvalue weighted by Crippen LogP contribution is 2.35. The van der Waals surface area contributed by atoms with Crippen molar-refractivity contribution in [2.24, 2.45) is 5.92 Å². The number of ether oxygens (including phenoxy) is 1. The molecule has 1 aliphatic carbocycles. The van der Waals surface area contributed by atoms with Gasteiger partial charge in [-0.2, -0.15) is 0 Å². The molecular weight excluding hydrogens is 267 g/mol. The van der Waals surface area contributed by atoms with Crippen LogP contribution in [0.2, 0.25) is 0 Å². The smallest absolute Gasteiger partial charge is 0.132 e. The Bertz CT molecular complexity index is 639. The van der Waals surface area contributed by atoms with Gasteiger partial charge in [-0.15, -0.1) is 0 Å². The zero-order valence-corrected chi connectivity index (χ0v) is 12.1. The van der Waals surface area contributed by atoms with Crippen LogP contribution < -0.4 is 4.74 Å². The summed E-state index contributed by atoms with van der Waals surface area (Å²) < 4.78 is 19.1. The third-order valence-electron chi connectivity index (χ3n) is 4.36. The van der Waals surface area contributed by atoms with Crippen LogP contribution in [-0.2, 0) is 12.8 Å². The molecule has 2 atom stereocenters. The molecule has 2 unspecified atom stereocenters. The van der Waals surface area contributed by atoms with Gasteiger partial charge < -0.3 is 9.84 Å². The van der Waals surface area contributed by atoms with Gasteiger partial charge in [0.2, 0.25) is 0 Å². The van der Waals surface area contributed by atoms with Crippen molar-refractivity contribution in [1.82, 2.24) is 0 Å². The molecule has 0 aromatic heterocycles. The van der Waals surface area contributed by atoms with Crippen LogP contribution in [0.1, 0.15) is 29.2 Å². The van der Waals surface area contributed by atoms with Crippen molar-refractivity contribution in [2.75, 3.05) is 7.11 Å². The zero-order chi connectivity index (χ0) is 14.8. The summed E-state index contributed by atoms with van der Waals surface area (Å²) >= 11 is 0. The summed E-state index contributed by atoms with van der Waals surface area (Å²) in [5.41, 5.74) is 2.97. The minimum atomic E-state index is -0.774. The van der Waals surface area contributed by atoms with Gasteiger partial charge in [0.1, 0.15) is 11.6 Å². The molecule has 0 bridgehead atoms. The lowest BCUT2D eigenvalue weighted by Gasteiger charge is -2.29. The number of aliphatic hydroxyl groups excluding tert-OH is 1. The highest BCUT2D eigenvalue weighted by atomic mass is 19.1. The lowest BCUT2D eigenvalue weighted by atomic mass is 9.79. The second-order valence-electron chi connectivity index (χ2n) is 5.60. The summed E-state index contributed by atoms with van der Waals surface area (Å²) in [7, 11) is 1.50. The molecule has 21 heavy (non-hydrogen) atoms. The average Bonchev–Trinajstić information content (AvgIpc) is 2.53. The van der Waals surface area contributed by atoms with Crippen LogP contribution in [0, 0.1) is 11.7 Å². The Morgan fingerprint density at radius 3 is 2.67 bits per heavy atom. The molecule has 0 saturated heterocycles. The maximum absolute atomic E-state index is 14.1. The van der Waals surface area contributed by atoms with E-state index in [1.54, 1.807) is 12.1 Å². The minimum absolute atomic E-state index is 0.0581. The maximum Gasteiger partial charge on any atom is 0.132 e. The van der Waals surface area contributed by atoms with E-state index in [2.05, 4.69) is 12.1 Å². The molecule has 3 rings (SSSR count). The number of rotatable bonds is 3. The fourth-order valence-electron chi connectivity index (χ4n) is 3.12. The molecule has 0 fully saturated rings. The topological polar surface area (TPSA) is 29.5 Å². The van der Waals surface area contributed by atoms with E-state index in [0.29, 0.717) is 11.3 Å². The Hall–Kier alpha value is -1.87. The monoisotopic (exact) mass is 286 g/mol. The van der Waals surface area contributed by atoms with Crippen LogP contribution in [0.5, 0.6) is 5.75 Å². The Balaban J connectivity index is 1.82. The molecule has 3 heteroatoms. The molecule has 2 aromatic rings. The SMILES string of the molecule is COc1ccc(C(O)C2CCc3ccccc3C2)c(F)c1. The van der Waals surface area contributed by atoms with Gasteiger partial charge in [-0.3, -0.25) is 0 Å². The molecule has 2 aromatic carbocycles. The number of hydrogen-bond donors (Lipinski definition) is 1. The molecular formula is C18H19FO2. The van der Waals surface area contributed by atoms with E-state index >= 15 is 0 Å². The van der Waals surface area contributed by atoms with Crippen molar-refractivity contribution in [3.8, 4) is 5.75 Å². The lowest BCUT2D eigenvalue weighted by Crippen LogP contribution is -2.21. The van der Waals surface area contributed by atoms with Crippen LogP contribution >= 0.6 is 0 Å². The van der Waals surface area contributed by atoms with Gasteiger partial charge >= 0.3 is 0 Å². The van der Waals surface area contributed by atoms with Crippen molar-refractivity contribution in [2.45, 2.75) is 25.4 Å². The summed E-state index contributed by atoms with van der Waals surface area (Å²) in [5, 5.41) is 10.5. The molecule has 2 nitrogen and oxygen atoms in total. The summed E-state index contributed by atoms with van der Waals surface area (Å²) in [4.78, 5) is 0. The summed E-state index contributed by atoms with van der Waals surface area (Å²) in [6.45, 7) is 0. The van der Waals surface area contributed by atoms with Gasteiger partial charge in [-0.1, -0.05) is 24.3 Å². The fraction of sp³-hybridized carbons (Fsp3) is 0.333. The molecule has 0 heterocycles. The zero-order valence-electron chi connectivity index (χ0n) is 12.1. The summed E-state index contributed by atoms with van der Waals surface area (Å²) in [6, 6.07) is 12.9. The first kappa shape index (κ1) is 14.1. The minimum Gasteiger partial charge on any atom is -0.497 e. The highest BCUT2D eigenvalue weighted by molar-refractivity contribution is 5.33. The van der Waals surface area contributed by atoms with E-state index in [1.807, 2.05) is 12.1 Å². The standard InChI is InChI=1S/C18H19FO2/c1-21-15-8-9-16(17(19)11-15)18(20)14-7-6-12-4-2-3-5-13(12)10-14/h2-5,8-9,11,14,18,20H,6-7,10H2,1H3. The first-order valence-electron chi connectivity index (χ1n) is 7.27. The molecule has 0 spiro atoms. The number of halogens is 1.